The fraction of sp³-hybridized carbons (Fsp3) is 0.538. The molecule has 0 unspecified atom stereocenters. The van der Waals surface area contributed by atoms with E-state index in [9.17, 15) is 18.0 Å². The minimum atomic E-state index is -3.92. The smallest absolute Gasteiger partial charge is 0.265 e. The minimum absolute atomic E-state index is 0. The number of primary amides is 1. The number of hydrogen-bond acceptors (Lipinski definition) is 5. The summed E-state index contributed by atoms with van der Waals surface area (Å²) in [5, 5.41) is 2.75. The summed E-state index contributed by atoms with van der Waals surface area (Å²) in [4.78, 5) is 25.2. The lowest BCUT2D eigenvalue weighted by atomic mass is 9.93. The Hall–Kier alpha value is -1.62. The predicted octanol–water partition coefficient (Wildman–Crippen LogP) is -0.553. The van der Waals surface area contributed by atoms with Gasteiger partial charge in [0.15, 0.2) is 0 Å². The zero-order valence-corrected chi connectivity index (χ0v) is 15.2. The molecule has 0 aliphatic carbocycles. The molecule has 0 bridgehead atoms. The molecule has 0 aliphatic rings. The van der Waals surface area contributed by atoms with E-state index in [2.05, 4.69) is 15.0 Å². The lowest BCUT2D eigenvalue weighted by Crippen LogP contribution is -2.55. The number of carbonyl (C=O) groups excluding carboxylic acids is 2. The second-order valence-corrected chi connectivity index (χ2v) is 6.94. The van der Waals surface area contributed by atoms with Gasteiger partial charge in [-0.3, -0.25) is 9.59 Å². The SMILES string of the molecule is CCC(CC)(CN)NC(=O)CNS(=O)(=O)c1c[nH]c(C(N)=O)c1.Cl. The summed E-state index contributed by atoms with van der Waals surface area (Å²) >= 11 is 0. The van der Waals surface area contributed by atoms with Gasteiger partial charge in [0, 0.05) is 12.7 Å². The molecule has 1 aromatic heterocycles. The minimum Gasteiger partial charge on any atom is -0.364 e. The lowest BCUT2D eigenvalue weighted by molar-refractivity contribution is -0.121. The number of sulfonamides is 1. The zero-order valence-electron chi connectivity index (χ0n) is 13.6. The number of H-pyrrole nitrogens is 1. The second kappa shape index (κ2) is 9.02. The molecule has 0 aliphatic heterocycles. The number of halogens is 1. The van der Waals surface area contributed by atoms with E-state index in [1.165, 1.54) is 0 Å². The van der Waals surface area contributed by atoms with Gasteiger partial charge in [0.1, 0.15) is 10.6 Å². The van der Waals surface area contributed by atoms with Crippen LogP contribution in [0.1, 0.15) is 37.2 Å². The molecule has 11 heteroatoms. The van der Waals surface area contributed by atoms with Gasteiger partial charge in [0.2, 0.25) is 15.9 Å². The highest BCUT2D eigenvalue weighted by Gasteiger charge is 2.27. The second-order valence-electron chi connectivity index (χ2n) is 5.18. The summed E-state index contributed by atoms with van der Waals surface area (Å²) in [6, 6.07) is 1.10. The van der Waals surface area contributed by atoms with Crippen LogP contribution in [0, 0.1) is 0 Å². The van der Waals surface area contributed by atoms with Crippen LogP contribution in [0.2, 0.25) is 0 Å². The van der Waals surface area contributed by atoms with Crippen molar-refractivity contribution in [3.63, 3.8) is 0 Å². The fourth-order valence-corrected chi connectivity index (χ4v) is 3.00. The molecular formula is C13H24ClN5O4S. The Morgan fingerprint density at radius 3 is 2.29 bits per heavy atom. The first-order valence-electron chi connectivity index (χ1n) is 7.18. The number of aromatic nitrogens is 1. The molecule has 0 radical (unpaired) electrons. The van der Waals surface area contributed by atoms with Crippen LogP contribution in [0.4, 0.5) is 0 Å². The molecule has 1 heterocycles. The van der Waals surface area contributed by atoms with Crippen LogP contribution in [-0.4, -0.2) is 43.8 Å². The number of nitrogens with one attached hydrogen (secondary N) is 3. The standard InChI is InChI=1S/C13H23N5O4S.ClH/c1-3-13(4-2,8-14)18-11(19)7-17-23(21,22)9-5-10(12(15)20)16-6-9;/h5-6,16-17H,3-4,7-8,14H2,1-2H3,(H2,15,20)(H,18,19);1H. The van der Waals surface area contributed by atoms with Crippen LogP contribution in [0.3, 0.4) is 0 Å². The summed E-state index contributed by atoms with van der Waals surface area (Å²) in [5.74, 6) is -1.25. The van der Waals surface area contributed by atoms with Crippen LogP contribution in [-0.2, 0) is 14.8 Å². The highest BCUT2D eigenvalue weighted by Crippen LogP contribution is 2.13. The maximum atomic E-state index is 12.1. The number of hydrogen-bond donors (Lipinski definition) is 5. The Balaban J connectivity index is 0.00000529. The fourth-order valence-electron chi connectivity index (χ4n) is 2.02. The molecule has 0 saturated heterocycles. The van der Waals surface area contributed by atoms with Crippen molar-refractivity contribution in [2.75, 3.05) is 13.1 Å². The van der Waals surface area contributed by atoms with Crippen molar-refractivity contribution >= 4 is 34.2 Å². The van der Waals surface area contributed by atoms with Crippen molar-refractivity contribution in [2.24, 2.45) is 11.5 Å². The van der Waals surface area contributed by atoms with Crippen molar-refractivity contribution in [3.8, 4) is 0 Å². The molecule has 138 valence electrons. The number of nitrogens with two attached hydrogens (primary N) is 2. The molecule has 0 atom stereocenters. The van der Waals surface area contributed by atoms with Gasteiger partial charge < -0.3 is 21.8 Å². The molecule has 0 fully saturated rings. The van der Waals surface area contributed by atoms with Crippen molar-refractivity contribution in [1.29, 1.82) is 0 Å². The van der Waals surface area contributed by atoms with Gasteiger partial charge in [0.25, 0.3) is 5.91 Å². The number of carbonyl (C=O) groups is 2. The van der Waals surface area contributed by atoms with Crippen molar-refractivity contribution in [3.05, 3.63) is 18.0 Å². The van der Waals surface area contributed by atoms with Crippen molar-refractivity contribution in [1.82, 2.24) is 15.0 Å². The zero-order chi connectivity index (χ0) is 17.7. The number of amides is 2. The van der Waals surface area contributed by atoms with Crippen LogP contribution < -0.4 is 21.5 Å². The van der Waals surface area contributed by atoms with Crippen LogP contribution in [0.15, 0.2) is 17.2 Å². The molecule has 24 heavy (non-hydrogen) atoms. The van der Waals surface area contributed by atoms with Gasteiger partial charge in [-0.05, 0) is 18.9 Å². The maximum absolute atomic E-state index is 12.1. The molecular weight excluding hydrogens is 358 g/mol. The third-order valence-electron chi connectivity index (χ3n) is 3.80. The lowest BCUT2D eigenvalue weighted by Gasteiger charge is -2.31. The van der Waals surface area contributed by atoms with Gasteiger partial charge in [0.05, 0.1) is 12.1 Å². The summed E-state index contributed by atoms with van der Waals surface area (Å²) < 4.78 is 26.3. The topological polar surface area (TPSA) is 160 Å². The third kappa shape index (κ3) is 5.48. The third-order valence-corrected chi connectivity index (χ3v) is 5.18. The summed E-state index contributed by atoms with van der Waals surface area (Å²) in [5.41, 5.74) is 10.1. The molecule has 0 saturated carbocycles. The van der Waals surface area contributed by atoms with Crippen LogP contribution in [0.25, 0.3) is 0 Å². The first-order valence-corrected chi connectivity index (χ1v) is 8.67. The largest absolute Gasteiger partial charge is 0.364 e. The van der Waals surface area contributed by atoms with E-state index in [0.717, 1.165) is 12.3 Å². The monoisotopic (exact) mass is 381 g/mol. The van der Waals surface area contributed by atoms with Gasteiger partial charge in [-0.15, -0.1) is 12.4 Å². The van der Waals surface area contributed by atoms with E-state index >= 15 is 0 Å². The highest BCUT2D eigenvalue weighted by molar-refractivity contribution is 7.89. The first-order chi connectivity index (χ1) is 10.7. The summed E-state index contributed by atoms with van der Waals surface area (Å²) in [6.07, 6.45) is 2.40. The predicted molar refractivity (Wildman–Crippen MR) is 92.3 cm³/mol. The number of aromatic amines is 1. The van der Waals surface area contributed by atoms with Gasteiger partial charge in [-0.2, -0.15) is 0 Å². The quantitative estimate of drug-likeness (QED) is 0.387. The Kier molecular flexibility index (Phi) is 8.41. The molecule has 9 nitrogen and oxygen atoms in total. The van der Waals surface area contributed by atoms with Crippen molar-refractivity contribution in [2.45, 2.75) is 37.1 Å². The summed E-state index contributed by atoms with van der Waals surface area (Å²) in [6.45, 7) is 3.62. The summed E-state index contributed by atoms with van der Waals surface area (Å²) in [7, 11) is -3.92. The first kappa shape index (κ1) is 22.4. The van der Waals surface area contributed by atoms with Crippen LogP contribution in [0.5, 0.6) is 0 Å². The van der Waals surface area contributed by atoms with Gasteiger partial charge in [-0.25, -0.2) is 13.1 Å². The van der Waals surface area contributed by atoms with E-state index in [1.54, 1.807) is 0 Å². The van der Waals surface area contributed by atoms with Gasteiger partial charge >= 0.3 is 0 Å². The van der Waals surface area contributed by atoms with E-state index < -0.39 is 33.9 Å². The maximum Gasteiger partial charge on any atom is 0.265 e. The molecule has 7 N–H and O–H groups in total. The molecule has 1 aromatic rings. The Morgan fingerprint density at radius 1 is 1.29 bits per heavy atom. The van der Waals surface area contributed by atoms with E-state index in [-0.39, 0.29) is 29.5 Å². The average Bonchev–Trinajstić information content (AvgIpc) is 3.02. The number of rotatable bonds is 9. The van der Waals surface area contributed by atoms with Gasteiger partial charge in [-0.1, -0.05) is 13.8 Å². The molecule has 2 amide bonds. The molecule has 0 spiro atoms. The Bertz CT molecular complexity index is 661. The Labute approximate surface area is 147 Å². The highest BCUT2D eigenvalue weighted by atomic mass is 35.5. The normalized spacial score (nSPS) is 11.6. The van der Waals surface area contributed by atoms with Crippen LogP contribution >= 0.6 is 12.4 Å². The van der Waals surface area contributed by atoms with Crippen molar-refractivity contribution < 1.29 is 18.0 Å². The van der Waals surface area contributed by atoms with E-state index in [1.807, 2.05) is 13.8 Å². The molecule has 1 rings (SSSR count). The van der Waals surface area contributed by atoms with E-state index in [0.29, 0.717) is 12.8 Å². The van der Waals surface area contributed by atoms with E-state index in [4.69, 9.17) is 11.5 Å². The average molecular weight is 382 g/mol. The molecule has 0 aromatic carbocycles. The Morgan fingerprint density at radius 2 is 1.88 bits per heavy atom.